The van der Waals surface area contributed by atoms with E-state index >= 15 is 0 Å². The van der Waals surface area contributed by atoms with E-state index in [4.69, 9.17) is 0 Å². The quantitative estimate of drug-likeness (QED) is 0.859. The molecule has 1 saturated heterocycles. The molecule has 1 aromatic rings. The first kappa shape index (κ1) is 14.9. The lowest BCUT2D eigenvalue weighted by Crippen LogP contribution is -2.41. The van der Waals surface area contributed by atoms with Crippen molar-refractivity contribution in [1.29, 1.82) is 0 Å². The van der Waals surface area contributed by atoms with Crippen molar-refractivity contribution in [2.45, 2.75) is 19.8 Å². The summed E-state index contributed by atoms with van der Waals surface area (Å²) in [4.78, 5) is 2.49. The number of sulfonamides is 1. The highest BCUT2D eigenvalue weighted by atomic mass is 32.2. The Hall–Kier alpha value is -1.07. The molecule has 2 aliphatic heterocycles. The van der Waals surface area contributed by atoms with Crippen molar-refractivity contribution in [1.82, 2.24) is 4.90 Å². The Morgan fingerprint density at radius 2 is 1.90 bits per heavy atom. The third-order valence-corrected chi connectivity index (χ3v) is 5.69. The van der Waals surface area contributed by atoms with E-state index in [-0.39, 0.29) is 0 Å². The molecule has 0 saturated carbocycles. The monoisotopic (exact) mass is 308 g/mol. The number of anilines is 1. The zero-order valence-corrected chi connectivity index (χ0v) is 13.8. The molecular formula is C16H24N2O2S. The summed E-state index contributed by atoms with van der Waals surface area (Å²) in [6.45, 7) is 8.24. The van der Waals surface area contributed by atoms with E-state index in [1.54, 1.807) is 4.31 Å². The third kappa shape index (κ3) is 2.81. The minimum atomic E-state index is -3.20. The summed E-state index contributed by atoms with van der Waals surface area (Å²) in [5.41, 5.74) is 2.08. The zero-order chi connectivity index (χ0) is 15.2. The fraction of sp³-hybridized carbons (Fsp3) is 0.625. The van der Waals surface area contributed by atoms with Crippen LogP contribution in [0.5, 0.6) is 0 Å². The number of rotatable bonds is 3. The van der Waals surface area contributed by atoms with E-state index in [9.17, 15) is 8.42 Å². The van der Waals surface area contributed by atoms with Gasteiger partial charge < -0.3 is 4.90 Å². The summed E-state index contributed by atoms with van der Waals surface area (Å²) in [7, 11) is -3.20. The maximum Gasteiger partial charge on any atom is 0.232 e. The Labute approximate surface area is 127 Å². The largest absolute Gasteiger partial charge is 0.302 e. The lowest BCUT2D eigenvalue weighted by atomic mass is 9.85. The average molecular weight is 308 g/mol. The molecule has 0 amide bonds. The second-order valence-electron chi connectivity index (χ2n) is 6.83. The van der Waals surface area contributed by atoms with Gasteiger partial charge >= 0.3 is 0 Å². The molecule has 0 N–H and O–H groups in total. The minimum Gasteiger partial charge on any atom is -0.302 e. The van der Waals surface area contributed by atoms with Crippen molar-refractivity contribution in [3.8, 4) is 0 Å². The van der Waals surface area contributed by atoms with E-state index < -0.39 is 10.0 Å². The number of para-hydroxylation sites is 1. The van der Waals surface area contributed by atoms with Gasteiger partial charge in [0, 0.05) is 32.1 Å². The second-order valence-corrected chi connectivity index (χ2v) is 8.74. The minimum absolute atomic E-state index is 0.411. The normalized spacial score (nSPS) is 26.0. The Morgan fingerprint density at radius 3 is 2.57 bits per heavy atom. The molecule has 0 aliphatic carbocycles. The SMILES string of the molecule is CC(C)CN1C[C@H]2CN(S(C)(=O)=O)c3ccccc3[C@@H]2C1. The first-order chi connectivity index (χ1) is 9.86. The molecule has 5 heteroatoms. The summed E-state index contributed by atoms with van der Waals surface area (Å²) < 4.78 is 25.8. The van der Waals surface area contributed by atoms with Gasteiger partial charge in [0.25, 0.3) is 0 Å². The first-order valence-corrected chi connectivity index (χ1v) is 9.50. The molecule has 0 spiro atoms. The molecule has 2 atom stereocenters. The molecule has 0 aromatic heterocycles. The van der Waals surface area contributed by atoms with E-state index in [1.807, 2.05) is 18.2 Å². The van der Waals surface area contributed by atoms with Gasteiger partial charge in [-0.2, -0.15) is 0 Å². The molecule has 1 aromatic carbocycles. The van der Waals surface area contributed by atoms with Gasteiger partial charge in [0.15, 0.2) is 0 Å². The molecule has 1 fully saturated rings. The number of nitrogens with zero attached hydrogens (tertiary/aromatic N) is 2. The highest BCUT2D eigenvalue weighted by Gasteiger charge is 2.42. The third-order valence-electron chi connectivity index (χ3n) is 4.55. The fourth-order valence-corrected chi connectivity index (χ4v) is 4.80. The standard InChI is InChI=1S/C16H24N2O2S/c1-12(2)8-17-9-13-10-18(21(3,19)20)16-7-5-4-6-14(16)15(13)11-17/h4-7,12-13,15H,8-11H2,1-3H3/t13-,15+/m0/s1. The summed E-state index contributed by atoms with van der Waals surface area (Å²) in [5.74, 6) is 1.53. The molecule has 2 heterocycles. The molecule has 0 unspecified atom stereocenters. The van der Waals surface area contributed by atoms with Crippen LogP contribution in [0.25, 0.3) is 0 Å². The van der Waals surface area contributed by atoms with Crippen LogP contribution in [0.4, 0.5) is 5.69 Å². The van der Waals surface area contributed by atoms with Crippen molar-refractivity contribution in [3.63, 3.8) is 0 Å². The fourth-order valence-electron chi connectivity index (χ4n) is 3.82. The van der Waals surface area contributed by atoms with Crippen LogP contribution < -0.4 is 4.31 Å². The van der Waals surface area contributed by atoms with Gasteiger partial charge in [-0.1, -0.05) is 32.0 Å². The van der Waals surface area contributed by atoms with Crippen molar-refractivity contribution in [2.24, 2.45) is 11.8 Å². The van der Waals surface area contributed by atoms with Crippen molar-refractivity contribution in [3.05, 3.63) is 29.8 Å². The molecule has 4 nitrogen and oxygen atoms in total. The molecule has 0 radical (unpaired) electrons. The number of hydrogen-bond acceptors (Lipinski definition) is 3. The molecule has 21 heavy (non-hydrogen) atoms. The zero-order valence-electron chi connectivity index (χ0n) is 13.0. The van der Waals surface area contributed by atoms with Crippen LogP contribution in [0.2, 0.25) is 0 Å². The van der Waals surface area contributed by atoms with Gasteiger partial charge in [-0.05, 0) is 23.5 Å². The van der Waals surface area contributed by atoms with Gasteiger partial charge in [-0.15, -0.1) is 0 Å². The van der Waals surface area contributed by atoms with E-state index in [1.165, 1.54) is 11.8 Å². The number of benzene rings is 1. The highest BCUT2D eigenvalue weighted by molar-refractivity contribution is 7.92. The van der Waals surface area contributed by atoms with Crippen molar-refractivity contribution in [2.75, 3.05) is 36.7 Å². The molecule has 2 aliphatic rings. The highest BCUT2D eigenvalue weighted by Crippen LogP contribution is 2.43. The number of hydrogen-bond donors (Lipinski definition) is 0. The summed E-state index contributed by atoms with van der Waals surface area (Å²) in [6.07, 6.45) is 1.31. The van der Waals surface area contributed by atoms with Crippen LogP contribution in [0, 0.1) is 11.8 Å². The Morgan fingerprint density at radius 1 is 1.19 bits per heavy atom. The maximum absolute atomic E-state index is 12.1. The molecule has 0 bridgehead atoms. The summed E-state index contributed by atoms with van der Waals surface area (Å²) in [6, 6.07) is 7.99. The smallest absolute Gasteiger partial charge is 0.232 e. The van der Waals surface area contributed by atoms with Crippen LogP contribution in [-0.2, 0) is 10.0 Å². The van der Waals surface area contributed by atoms with Crippen LogP contribution >= 0.6 is 0 Å². The summed E-state index contributed by atoms with van der Waals surface area (Å²) in [5, 5.41) is 0. The molecule has 3 rings (SSSR count). The predicted octanol–water partition coefficient (Wildman–Crippen LogP) is 2.14. The van der Waals surface area contributed by atoms with Crippen LogP contribution in [0.15, 0.2) is 24.3 Å². The Balaban J connectivity index is 1.95. The molecular weight excluding hydrogens is 284 g/mol. The Kier molecular flexibility index (Phi) is 3.74. The Bertz CT molecular complexity index is 627. The second kappa shape index (κ2) is 5.29. The van der Waals surface area contributed by atoms with E-state index in [2.05, 4.69) is 24.8 Å². The van der Waals surface area contributed by atoms with Crippen LogP contribution in [-0.4, -0.2) is 45.8 Å². The van der Waals surface area contributed by atoms with Gasteiger partial charge in [0.1, 0.15) is 0 Å². The summed E-state index contributed by atoms with van der Waals surface area (Å²) >= 11 is 0. The van der Waals surface area contributed by atoms with Gasteiger partial charge in [-0.3, -0.25) is 4.31 Å². The average Bonchev–Trinajstić information content (AvgIpc) is 2.78. The van der Waals surface area contributed by atoms with E-state index in [0.29, 0.717) is 24.3 Å². The molecule has 116 valence electrons. The predicted molar refractivity (Wildman–Crippen MR) is 86.1 cm³/mol. The number of likely N-dealkylation sites (tertiary alicyclic amines) is 1. The lowest BCUT2D eigenvalue weighted by Gasteiger charge is -2.36. The van der Waals surface area contributed by atoms with Crippen LogP contribution in [0.1, 0.15) is 25.3 Å². The van der Waals surface area contributed by atoms with Gasteiger partial charge in [-0.25, -0.2) is 8.42 Å². The maximum atomic E-state index is 12.1. The lowest BCUT2D eigenvalue weighted by molar-refractivity contribution is 0.287. The van der Waals surface area contributed by atoms with Crippen molar-refractivity contribution >= 4 is 15.7 Å². The first-order valence-electron chi connectivity index (χ1n) is 7.65. The van der Waals surface area contributed by atoms with E-state index in [0.717, 1.165) is 25.3 Å². The van der Waals surface area contributed by atoms with Crippen molar-refractivity contribution < 1.29 is 8.42 Å². The van der Waals surface area contributed by atoms with Crippen LogP contribution in [0.3, 0.4) is 0 Å². The van der Waals surface area contributed by atoms with Gasteiger partial charge in [0.2, 0.25) is 10.0 Å². The van der Waals surface area contributed by atoms with Gasteiger partial charge in [0.05, 0.1) is 11.9 Å². The topological polar surface area (TPSA) is 40.6 Å². The number of fused-ring (bicyclic) bond motifs is 3.